The number of anilines is 1. The molecule has 0 fully saturated rings. The molecule has 2 aromatic rings. The van der Waals surface area contributed by atoms with Crippen LogP contribution in [0.25, 0.3) is 5.69 Å². The molecule has 0 aliphatic carbocycles. The molecule has 118 valence electrons. The largest absolute Gasteiger partial charge is 0.342 e. The van der Waals surface area contributed by atoms with E-state index in [1.807, 2.05) is 12.3 Å². The van der Waals surface area contributed by atoms with E-state index in [0.29, 0.717) is 5.15 Å². The van der Waals surface area contributed by atoms with Gasteiger partial charge in [-0.1, -0.05) is 18.2 Å². The van der Waals surface area contributed by atoms with E-state index in [4.69, 9.17) is 11.6 Å². The lowest BCUT2D eigenvalue weighted by Gasteiger charge is -2.23. The monoisotopic (exact) mass is 354 g/mol. The molecule has 0 amide bonds. The molecule has 0 saturated carbocycles. The zero-order chi connectivity index (χ0) is 16.1. The maximum atomic E-state index is 6.33. The summed E-state index contributed by atoms with van der Waals surface area (Å²) in [7, 11) is 0. The molecule has 0 aromatic carbocycles. The summed E-state index contributed by atoms with van der Waals surface area (Å²) in [5, 5.41) is 4.83. The number of thioether (sulfide) groups is 1. The molecule has 0 saturated heterocycles. The highest BCUT2D eigenvalue weighted by Crippen LogP contribution is 2.29. The van der Waals surface area contributed by atoms with Gasteiger partial charge in [-0.2, -0.15) is 16.9 Å². The number of hydrogen-bond acceptors (Lipinski definition) is 5. The summed E-state index contributed by atoms with van der Waals surface area (Å²) in [5.41, 5.74) is 2.73. The molecule has 2 rings (SSSR count). The fourth-order valence-corrected chi connectivity index (χ4v) is 2.99. The Kier molecular flexibility index (Phi) is 6.23. The van der Waals surface area contributed by atoms with E-state index < -0.39 is 0 Å². The quantitative estimate of drug-likeness (QED) is 0.751. The van der Waals surface area contributed by atoms with Crippen LogP contribution in [0.2, 0.25) is 5.15 Å². The predicted molar refractivity (Wildman–Crippen MR) is 98.8 cm³/mol. The summed E-state index contributed by atoms with van der Waals surface area (Å²) in [6, 6.07) is 1.89. The van der Waals surface area contributed by atoms with Crippen LogP contribution in [-0.4, -0.2) is 33.3 Å². The molecule has 2 heterocycles. The van der Waals surface area contributed by atoms with Crippen LogP contribution >= 0.6 is 36.0 Å². The van der Waals surface area contributed by atoms with Crippen molar-refractivity contribution in [2.75, 3.05) is 23.5 Å². The van der Waals surface area contributed by atoms with Crippen molar-refractivity contribution in [3.63, 3.8) is 0 Å². The second-order valence-corrected chi connectivity index (χ2v) is 6.56. The third-order valence-electron chi connectivity index (χ3n) is 3.21. The van der Waals surface area contributed by atoms with E-state index in [9.17, 15) is 0 Å². The van der Waals surface area contributed by atoms with Gasteiger partial charge >= 0.3 is 0 Å². The summed E-state index contributed by atoms with van der Waals surface area (Å²) in [6.07, 6.45) is 8.32. The summed E-state index contributed by atoms with van der Waals surface area (Å²) < 4.78 is 1.72. The van der Waals surface area contributed by atoms with E-state index in [-0.39, 0.29) is 0 Å². The molecule has 0 aliphatic rings. The van der Waals surface area contributed by atoms with Crippen LogP contribution in [0.5, 0.6) is 0 Å². The van der Waals surface area contributed by atoms with Crippen LogP contribution in [0.3, 0.4) is 0 Å². The minimum atomic E-state index is 0.455. The lowest BCUT2D eigenvalue weighted by Crippen LogP contribution is -2.21. The Morgan fingerprint density at radius 3 is 2.91 bits per heavy atom. The Hall–Kier alpha value is -1.11. The second kappa shape index (κ2) is 7.94. The average Bonchev–Trinajstić information content (AvgIpc) is 2.88. The van der Waals surface area contributed by atoms with Crippen LogP contribution in [0.1, 0.15) is 13.3 Å². The fourth-order valence-electron chi connectivity index (χ4n) is 2.12. The zero-order valence-electron chi connectivity index (χ0n) is 12.7. The van der Waals surface area contributed by atoms with Crippen molar-refractivity contribution in [3.05, 3.63) is 42.1 Å². The highest BCUT2D eigenvalue weighted by molar-refractivity contribution is 7.98. The Labute approximate surface area is 146 Å². The minimum Gasteiger partial charge on any atom is -0.342 e. The molecule has 0 radical (unpaired) electrons. The van der Waals surface area contributed by atoms with Crippen molar-refractivity contribution >= 4 is 41.7 Å². The average molecular weight is 355 g/mol. The van der Waals surface area contributed by atoms with Crippen molar-refractivity contribution in [1.29, 1.82) is 0 Å². The maximum absolute atomic E-state index is 6.33. The zero-order valence-corrected chi connectivity index (χ0v) is 15.1. The van der Waals surface area contributed by atoms with Crippen LogP contribution in [0.4, 0.5) is 5.69 Å². The van der Waals surface area contributed by atoms with Gasteiger partial charge in [0.1, 0.15) is 0 Å². The Morgan fingerprint density at radius 2 is 2.27 bits per heavy atom. The highest BCUT2D eigenvalue weighted by atomic mass is 35.5. The smallest absolute Gasteiger partial charge is 0.175 e. The van der Waals surface area contributed by atoms with E-state index >= 15 is 0 Å². The van der Waals surface area contributed by atoms with Gasteiger partial charge in [-0.05, 0) is 31.4 Å². The number of pyridine rings is 1. The topological polar surface area (TPSA) is 34.0 Å². The number of nitrogens with zero attached hydrogens (tertiary/aromatic N) is 4. The molecule has 0 bridgehead atoms. The number of hydrogen-bond donors (Lipinski definition) is 1. The molecule has 0 atom stereocenters. The van der Waals surface area contributed by atoms with Crippen molar-refractivity contribution in [2.24, 2.45) is 0 Å². The van der Waals surface area contributed by atoms with Crippen LogP contribution in [0, 0.1) is 0 Å². The normalized spacial score (nSPS) is 10.7. The first kappa shape index (κ1) is 17.2. The summed E-state index contributed by atoms with van der Waals surface area (Å²) >= 11 is 12.4. The number of allylic oxidation sites excluding steroid dienone is 1. The molecule has 0 unspecified atom stereocenters. The van der Waals surface area contributed by atoms with E-state index in [2.05, 4.69) is 47.4 Å². The first-order chi connectivity index (χ1) is 10.6. The molecular formula is C15H19ClN4S2. The van der Waals surface area contributed by atoms with E-state index in [1.54, 1.807) is 28.8 Å². The lowest BCUT2D eigenvalue weighted by molar-refractivity contribution is 0.867. The van der Waals surface area contributed by atoms with Crippen molar-refractivity contribution in [1.82, 2.24) is 14.8 Å². The maximum Gasteiger partial charge on any atom is 0.175 e. The van der Waals surface area contributed by atoms with Crippen LogP contribution in [0.15, 0.2) is 41.8 Å². The van der Waals surface area contributed by atoms with Gasteiger partial charge in [0.15, 0.2) is 5.15 Å². The number of thiol groups is 1. The van der Waals surface area contributed by atoms with Gasteiger partial charge in [0, 0.05) is 23.3 Å². The third-order valence-corrected chi connectivity index (χ3v) is 4.34. The summed E-state index contributed by atoms with van der Waals surface area (Å²) in [4.78, 5) is 7.00. The second-order valence-electron chi connectivity index (χ2n) is 4.70. The van der Waals surface area contributed by atoms with E-state index in [0.717, 1.165) is 40.7 Å². The Balaban J connectivity index is 2.30. The molecule has 2 aromatic heterocycles. The van der Waals surface area contributed by atoms with E-state index in [1.165, 1.54) is 0 Å². The number of halogens is 1. The standard InChI is InChI=1S/C15H19ClN4S2/c1-4-19(11(2)5-6-22-3)14-10-20(18-15(14)16)12-7-13(21)9-17-8-12/h7-10,21H,2,4-6H2,1,3H3. The molecule has 0 N–H and O–H groups in total. The minimum absolute atomic E-state index is 0.455. The molecule has 0 aliphatic heterocycles. The summed E-state index contributed by atoms with van der Waals surface area (Å²) in [6.45, 7) is 7.04. The van der Waals surface area contributed by atoms with Crippen molar-refractivity contribution in [3.8, 4) is 5.69 Å². The van der Waals surface area contributed by atoms with Gasteiger partial charge in [-0.15, -0.1) is 12.6 Å². The van der Waals surface area contributed by atoms with Crippen molar-refractivity contribution < 1.29 is 0 Å². The fraction of sp³-hybridized carbons (Fsp3) is 0.333. The predicted octanol–water partition coefficient (Wildman–Crippen LogP) is 4.30. The highest BCUT2D eigenvalue weighted by Gasteiger charge is 2.16. The Morgan fingerprint density at radius 1 is 1.50 bits per heavy atom. The first-order valence-electron chi connectivity index (χ1n) is 6.90. The molecule has 7 heteroatoms. The molecule has 22 heavy (non-hydrogen) atoms. The lowest BCUT2D eigenvalue weighted by atomic mass is 10.3. The SMILES string of the molecule is C=C(CCSC)N(CC)c1cn(-c2cncc(S)c2)nc1Cl. The van der Waals surface area contributed by atoms with Crippen LogP contribution in [-0.2, 0) is 0 Å². The molecule has 0 spiro atoms. The molecule has 4 nitrogen and oxygen atoms in total. The van der Waals surface area contributed by atoms with Gasteiger partial charge in [-0.25, -0.2) is 4.68 Å². The van der Waals surface area contributed by atoms with Crippen molar-refractivity contribution in [2.45, 2.75) is 18.2 Å². The van der Waals surface area contributed by atoms with Crippen LogP contribution < -0.4 is 4.90 Å². The van der Waals surface area contributed by atoms with Gasteiger partial charge < -0.3 is 4.90 Å². The van der Waals surface area contributed by atoms with Gasteiger partial charge in [-0.3, -0.25) is 4.98 Å². The molecular weight excluding hydrogens is 336 g/mol. The van der Waals surface area contributed by atoms with Gasteiger partial charge in [0.2, 0.25) is 0 Å². The third kappa shape index (κ3) is 4.00. The number of rotatable bonds is 7. The number of aromatic nitrogens is 3. The van der Waals surface area contributed by atoms with Gasteiger partial charge in [0.25, 0.3) is 0 Å². The van der Waals surface area contributed by atoms with Gasteiger partial charge in [0.05, 0.1) is 23.8 Å². The Bertz CT molecular complexity index is 657. The first-order valence-corrected chi connectivity index (χ1v) is 9.12. The summed E-state index contributed by atoms with van der Waals surface area (Å²) in [5.74, 6) is 1.03.